The van der Waals surface area contributed by atoms with Crippen molar-refractivity contribution in [3.05, 3.63) is 29.3 Å². The molecule has 0 radical (unpaired) electrons. The van der Waals surface area contributed by atoms with E-state index in [2.05, 4.69) is 0 Å². The Bertz CT molecular complexity index is 348. The molecular formula is C14H19ClO2. The normalized spacial score (nSPS) is 18.2. The van der Waals surface area contributed by atoms with Crippen molar-refractivity contribution >= 4 is 11.6 Å². The summed E-state index contributed by atoms with van der Waals surface area (Å²) in [6.07, 6.45) is 5.01. The van der Waals surface area contributed by atoms with Crippen LogP contribution in [0.3, 0.4) is 0 Å². The number of hydrogen-bond acceptors (Lipinski definition) is 2. The van der Waals surface area contributed by atoms with E-state index in [1.807, 2.05) is 24.3 Å². The summed E-state index contributed by atoms with van der Waals surface area (Å²) in [6, 6.07) is 7.48. The summed E-state index contributed by atoms with van der Waals surface area (Å²) in [4.78, 5) is 0. The Morgan fingerprint density at radius 1 is 1.29 bits per heavy atom. The van der Waals surface area contributed by atoms with Crippen molar-refractivity contribution in [3.8, 4) is 5.75 Å². The molecule has 0 spiro atoms. The van der Waals surface area contributed by atoms with Crippen molar-refractivity contribution in [1.29, 1.82) is 0 Å². The Labute approximate surface area is 108 Å². The molecule has 0 bridgehead atoms. The summed E-state index contributed by atoms with van der Waals surface area (Å²) in [7, 11) is 0. The zero-order valence-corrected chi connectivity index (χ0v) is 10.7. The van der Waals surface area contributed by atoms with E-state index in [1.54, 1.807) is 0 Å². The quantitative estimate of drug-likeness (QED) is 0.871. The van der Waals surface area contributed by atoms with Crippen LogP contribution in [-0.4, -0.2) is 18.3 Å². The van der Waals surface area contributed by atoms with Crippen LogP contribution in [0.2, 0.25) is 5.02 Å². The summed E-state index contributed by atoms with van der Waals surface area (Å²) in [5.41, 5.74) is 0. The topological polar surface area (TPSA) is 29.5 Å². The molecule has 1 aromatic carbocycles. The second-order valence-electron chi connectivity index (χ2n) is 4.73. The van der Waals surface area contributed by atoms with Gasteiger partial charge in [0.15, 0.2) is 0 Å². The molecular weight excluding hydrogens is 236 g/mol. The molecule has 17 heavy (non-hydrogen) atoms. The third-order valence-electron chi connectivity index (χ3n) is 3.59. The lowest BCUT2D eigenvalue weighted by Gasteiger charge is -2.21. The van der Waals surface area contributed by atoms with E-state index >= 15 is 0 Å². The van der Waals surface area contributed by atoms with Crippen LogP contribution >= 0.6 is 11.6 Å². The molecule has 2 nitrogen and oxygen atoms in total. The van der Waals surface area contributed by atoms with Gasteiger partial charge >= 0.3 is 0 Å². The summed E-state index contributed by atoms with van der Waals surface area (Å²) < 4.78 is 5.71. The molecule has 1 saturated carbocycles. The van der Waals surface area contributed by atoms with Gasteiger partial charge in [0.1, 0.15) is 5.75 Å². The number of hydrogen-bond donors (Lipinski definition) is 1. The van der Waals surface area contributed by atoms with Crippen molar-refractivity contribution in [2.45, 2.75) is 25.7 Å². The van der Waals surface area contributed by atoms with E-state index in [9.17, 15) is 5.11 Å². The molecule has 1 aliphatic carbocycles. The maximum Gasteiger partial charge on any atom is 0.137 e. The van der Waals surface area contributed by atoms with Gasteiger partial charge in [-0.1, -0.05) is 36.6 Å². The molecule has 0 saturated heterocycles. The largest absolute Gasteiger partial charge is 0.492 e. The average Bonchev–Trinajstić information content (AvgIpc) is 2.86. The lowest BCUT2D eigenvalue weighted by atomic mass is 9.92. The molecule has 94 valence electrons. The lowest BCUT2D eigenvalue weighted by Crippen LogP contribution is -2.23. The van der Waals surface area contributed by atoms with Crippen LogP contribution in [0.4, 0.5) is 0 Å². The predicted molar refractivity (Wildman–Crippen MR) is 69.5 cm³/mol. The second kappa shape index (κ2) is 6.27. The molecule has 1 fully saturated rings. The molecule has 3 heteroatoms. The molecule has 0 aromatic heterocycles. The van der Waals surface area contributed by atoms with Crippen molar-refractivity contribution in [1.82, 2.24) is 0 Å². The third kappa shape index (κ3) is 3.36. The summed E-state index contributed by atoms with van der Waals surface area (Å²) in [5, 5.41) is 10.1. The zero-order valence-electron chi connectivity index (χ0n) is 9.94. The SMILES string of the molecule is OCC(COc1ccccc1Cl)C1CCCC1. The van der Waals surface area contributed by atoms with Crippen molar-refractivity contribution in [3.63, 3.8) is 0 Å². The van der Waals surface area contributed by atoms with E-state index in [0.29, 0.717) is 23.3 Å². The summed E-state index contributed by atoms with van der Waals surface area (Å²) in [6.45, 7) is 0.764. The van der Waals surface area contributed by atoms with Crippen LogP contribution in [-0.2, 0) is 0 Å². The van der Waals surface area contributed by atoms with Crippen molar-refractivity contribution in [2.24, 2.45) is 11.8 Å². The van der Waals surface area contributed by atoms with Gasteiger partial charge in [-0.3, -0.25) is 0 Å². The third-order valence-corrected chi connectivity index (χ3v) is 3.90. The highest BCUT2D eigenvalue weighted by Gasteiger charge is 2.25. The van der Waals surface area contributed by atoms with Crippen LogP contribution in [0.5, 0.6) is 5.75 Å². The maximum atomic E-state index is 9.42. The van der Waals surface area contributed by atoms with E-state index in [-0.39, 0.29) is 12.5 Å². The van der Waals surface area contributed by atoms with E-state index in [1.165, 1.54) is 25.7 Å². The number of halogens is 1. The predicted octanol–water partition coefficient (Wildman–Crippen LogP) is 3.52. The Balaban J connectivity index is 1.89. The first-order chi connectivity index (χ1) is 8.31. The van der Waals surface area contributed by atoms with E-state index in [0.717, 1.165) is 0 Å². The molecule has 1 N–H and O–H groups in total. The highest BCUT2D eigenvalue weighted by Crippen LogP contribution is 2.32. The van der Waals surface area contributed by atoms with Gasteiger partial charge in [0, 0.05) is 12.5 Å². The number of aliphatic hydroxyl groups is 1. The number of para-hydroxylation sites is 1. The molecule has 1 aliphatic rings. The average molecular weight is 255 g/mol. The van der Waals surface area contributed by atoms with Gasteiger partial charge < -0.3 is 9.84 Å². The minimum atomic E-state index is 0.203. The molecule has 1 unspecified atom stereocenters. The molecule has 0 amide bonds. The Hall–Kier alpha value is -0.730. The number of benzene rings is 1. The zero-order chi connectivity index (χ0) is 12.1. The molecule has 0 aliphatic heterocycles. The van der Waals surface area contributed by atoms with Crippen LogP contribution in [0.15, 0.2) is 24.3 Å². The van der Waals surface area contributed by atoms with E-state index < -0.39 is 0 Å². The first-order valence-electron chi connectivity index (χ1n) is 6.29. The minimum absolute atomic E-state index is 0.203. The fourth-order valence-electron chi connectivity index (χ4n) is 2.53. The highest BCUT2D eigenvalue weighted by molar-refractivity contribution is 6.32. The Kier molecular flexibility index (Phi) is 4.69. The lowest BCUT2D eigenvalue weighted by molar-refractivity contribution is 0.119. The summed E-state index contributed by atoms with van der Waals surface area (Å²) >= 11 is 6.02. The van der Waals surface area contributed by atoms with Gasteiger partial charge in [0.05, 0.1) is 11.6 Å². The number of aliphatic hydroxyl groups excluding tert-OH is 1. The summed E-state index contributed by atoms with van der Waals surface area (Å²) in [5.74, 6) is 1.57. The van der Waals surface area contributed by atoms with Gasteiger partial charge in [-0.25, -0.2) is 0 Å². The fourth-order valence-corrected chi connectivity index (χ4v) is 2.72. The Morgan fingerprint density at radius 3 is 2.65 bits per heavy atom. The number of rotatable bonds is 5. The molecule has 1 atom stereocenters. The van der Waals surface area contributed by atoms with Gasteiger partial charge in [-0.15, -0.1) is 0 Å². The first kappa shape index (κ1) is 12.7. The standard InChI is InChI=1S/C14H19ClO2/c15-13-7-3-4-8-14(13)17-10-12(9-16)11-5-1-2-6-11/h3-4,7-8,11-12,16H,1-2,5-6,9-10H2. The minimum Gasteiger partial charge on any atom is -0.492 e. The van der Waals surface area contributed by atoms with Gasteiger partial charge in [-0.05, 0) is 30.9 Å². The second-order valence-corrected chi connectivity index (χ2v) is 5.14. The Morgan fingerprint density at radius 2 is 2.00 bits per heavy atom. The van der Waals surface area contributed by atoms with Crippen LogP contribution in [0, 0.1) is 11.8 Å². The first-order valence-corrected chi connectivity index (χ1v) is 6.67. The van der Waals surface area contributed by atoms with Gasteiger partial charge in [0.25, 0.3) is 0 Å². The van der Waals surface area contributed by atoms with Gasteiger partial charge in [0.2, 0.25) is 0 Å². The van der Waals surface area contributed by atoms with Crippen LogP contribution in [0.25, 0.3) is 0 Å². The monoisotopic (exact) mass is 254 g/mol. The van der Waals surface area contributed by atoms with E-state index in [4.69, 9.17) is 16.3 Å². The molecule has 1 aromatic rings. The van der Waals surface area contributed by atoms with Crippen LogP contribution in [0.1, 0.15) is 25.7 Å². The highest BCUT2D eigenvalue weighted by atomic mass is 35.5. The number of ether oxygens (including phenoxy) is 1. The smallest absolute Gasteiger partial charge is 0.137 e. The fraction of sp³-hybridized carbons (Fsp3) is 0.571. The van der Waals surface area contributed by atoms with Gasteiger partial charge in [-0.2, -0.15) is 0 Å². The van der Waals surface area contributed by atoms with Crippen molar-refractivity contribution in [2.75, 3.05) is 13.2 Å². The maximum absolute atomic E-state index is 9.42. The van der Waals surface area contributed by atoms with Crippen molar-refractivity contribution < 1.29 is 9.84 Å². The molecule has 0 heterocycles. The molecule has 2 rings (SSSR count). The van der Waals surface area contributed by atoms with Crippen LogP contribution < -0.4 is 4.74 Å².